The van der Waals surface area contributed by atoms with E-state index in [2.05, 4.69) is 67.8 Å². The van der Waals surface area contributed by atoms with Gasteiger partial charge in [-0.3, -0.25) is 4.79 Å². The maximum Gasteiger partial charge on any atom is 0.220 e. The molecule has 3 saturated heterocycles. The van der Waals surface area contributed by atoms with E-state index in [0.717, 1.165) is 51.4 Å². The van der Waals surface area contributed by atoms with E-state index in [0.29, 0.717) is 12.8 Å². The summed E-state index contributed by atoms with van der Waals surface area (Å²) in [5.41, 5.74) is 0. The summed E-state index contributed by atoms with van der Waals surface area (Å²) in [7, 11) is 0. The van der Waals surface area contributed by atoms with Gasteiger partial charge in [0.15, 0.2) is 18.9 Å². The van der Waals surface area contributed by atoms with Crippen molar-refractivity contribution in [2.75, 3.05) is 26.4 Å². The zero-order chi connectivity index (χ0) is 77.4. The second kappa shape index (κ2) is 67.9. The molecule has 12 N–H and O–H groups in total. The van der Waals surface area contributed by atoms with Crippen LogP contribution < -0.4 is 5.32 Å². The first-order valence-electron chi connectivity index (χ1n) is 44.0. The number of carbonyl (C=O) groups is 1. The second-order valence-electron chi connectivity index (χ2n) is 31.3. The van der Waals surface area contributed by atoms with E-state index < -0.39 is 124 Å². The van der Waals surface area contributed by atoms with Gasteiger partial charge in [-0.05, 0) is 70.6 Å². The number of ether oxygens (including phenoxy) is 6. The SMILES string of the molecule is CCCCCCC/C=C\C/C=C\C/C=C\CCCCCCCCCCCCCCCCCCCCCCCCC(=O)NC(COC1OC(CO)C(OC2OC(CO)C(OC3OC(CO)C(O)C(O)C3O)C(O)C2O)C(O)C1O)C(O)/C=C/CC/C=C/CCCCCCCCCCCCCCCCCCCCC. The Morgan fingerprint density at radius 2 is 0.626 bits per heavy atom. The third kappa shape index (κ3) is 47.1. The number of hydrogen-bond acceptors (Lipinski definition) is 18. The van der Waals surface area contributed by atoms with Crippen LogP contribution in [0.4, 0.5) is 0 Å². The number of carbonyl (C=O) groups excluding carboxylic acids is 1. The zero-order valence-electron chi connectivity index (χ0n) is 67.4. The molecule has 3 fully saturated rings. The molecule has 0 bridgehead atoms. The monoisotopic (exact) mass is 1520 g/mol. The molecule has 0 aromatic carbocycles. The Kier molecular flexibility index (Phi) is 62.7. The Bertz CT molecular complexity index is 2160. The maximum atomic E-state index is 13.5. The van der Waals surface area contributed by atoms with Gasteiger partial charge < -0.3 is 89.9 Å². The molecule has 3 aliphatic rings. The number of hydrogen-bond donors (Lipinski definition) is 12. The number of allylic oxidation sites excluding steroid dienone is 9. The van der Waals surface area contributed by atoms with Crippen molar-refractivity contribution in [3.8, 4) is 0 Å². The molecule has 0 radical (unpaired) electrons. The van der Waals surface area contributed by atoms with Gasteiger partial charge in [-0.1, -0.05) is 344 Å². The van der Waals surface area contributed by atoms with Crippen LogP contribution >= 0.6 is 0 Å². The van der Waals surface area contributed by atoms with Crippen LogP contribution in [0.1, 0.15) is 361 Å². The molecule has 0 aliphatic carbocycles. The second-order valence-corrected chi connectivity index (χ2v) is 31.3. The molecule has 19 nitrogen and oxygen atoms in total. The molecule has 626 valence electrons. The highest BCUT2D eigenvalue weighted by Gasteiger charge is 2.54. The van der Waals surface area contributed by atoms with Crippen LogP contribution in [0.3, 0.4) is 0 Å². The predicted molar refractivity (Wildman–Crippen MR) is 429 cm³/mol. The van der Waals surface area contributed by atoms with Crippen LogP contribution in [0.5, 0.6) is 0 Å². The van der Waals surface area contributed by atoms with Crippen molar-refractivity contribution in [3.05, 3.63) is 60.8 Å². The van der Waals surface area contributed by atoms with Crippen LogP contribution in [0.25, 0.3) is 0 Å². The van der Waals surface area contributed by atoms with Crippen LogP contribution in [-0.4, -0.2) is 193 Å². The standard InChI is InChI=1S/C88H161NO18/c1-3-5-7-9-11-13-15-17-19-21-23-25-27-29-30-31-32-33-34-35-36-37-38-39-40-42-44-46-48-50-52-54-56-58-60-62-64-66-76(94)89-71(72(93)65-63-61-59-57-55-53-51-49-47-45-43-41-28-26-24-22-20-18-16-14-12-10-8-6-4-2)70-102-86-82(100)79(97)84(74(68-91)104-86)107-88-83(101)80(98)85(75(69-92)105-88)106-87-81(99)78(96)77(95)73(67-90)103-87/h15,17,21,23,27,29,55,57,63,65,71-75,77-88,90-93,95-101H,3-14,16,18-20,22,24-26,28,30-54,56,58-62,64,66-70H2,1-2H3,(H,89,94)/b17-15-,23-21-,29-27-,57-55+,65-63+. The third-order valence-corrected chi connectivity index (χ3v) is 21.8. The van der Waals surface area contributed by atoms with Crippen molar-refractivity contribution in [2.45, 2.75) is 465 Å². The first kappa shape index (κ1) is 98.7. The summed E-state index contributed by atoms with van der Waals surface area (Å²) in [5, 5.41) is 121. The normalized spacial score (nSPS) is 25.8. The van der Waals surface area contributed by atoms with Crippen LogP contribution in [0.2, 0.25) is 0 Å². The summed E-state index contributed by atoms with van der Waals surface area (Å²) in [6, 6.07) is -0.992. The summed E-state index contributed by atoms with van der Waals surface area (Å²) >= 11 is 0. The summed E-state index contributed by atoms with van der Waals surface area (Å²) in [6.07, 6.45) is 62.3. The highest BCUT2D eigenvalue weighted by Crippen LogP contribution is 2.33. The van der Waals surface area contributed by atoms with Gasteiger partial charge in [0.25, 0.3) is 0 Å². The van der Waals surface area contributed by atoms with Crippen LogP contribution in [0, 0.1) is 0 Å². The molecule has 1 amide bonds. The molecule has 0 aromatic rings. The molecule has 3 rings (SSSR count). The lowest BCUT2D eigenvalue weighted by molar-refractivity contribution is -0.379. The number of nitrogens with one attached hydrogen (secondary N) is 1. The van der Waals surface area contributed by atoms with E-state index in [9.17, 15) is 61.0 Å². The van der Waals surface area contributed by atoms with Gasteiger partial charge >= 0.3 is 0 Å². The maximum absolute atomic E-state index is 13.5. The quantitative estimate of drug-likeness (QED) is 0.0199. The summed E-state index contributed by atoms with van der Waals surface area (Å²) in [5.74, 6) is -0.279. The average molecular weight is 1520 g/mol. The van der Waals surface area contributed by atoms with Crippen molar-refractivity contribution >= 4 is 5.91 Å². The lowest BCUT2D eigenvalue weighted by Crippen LogP contribution is -2.66. The lowest BCUT2D eigenvalue weighted by Gasteiger charge is -2.48. The van der Waals surface area contributed by atoms with E-state index in [-0.39, 0.29) is 18.9 Å². The van der Waals surface area contributed by atoms with Gasteiger partial charge in [0.05, 0.1) is 38.6 Å². The van der Waals surface area contributed by atoms with E-state index >= 15 is 0 Å². The fraction of sp³-hybridized carbons (Fsp3) is 0.875. The topological polar surface area (TPSA) is 307 Å². The van der Waals surface area contributed by atoms with E-state index in [1.165, 1.54) is 276 Å². The Morgan fingerprint density at radius 1 is 0.336 bits per heavy atom. The third-order valence-electron chi connectivity index (χ3n) is 21.8. The van der Waals surface area contributed by atoms with Gasteiger partial charge in [-0.2, -0.15) is 0 Å². The Hall–Kier alpha value is -2.51. The molecule has 0 saturated carbocycles. The largest absolute Gasteiger partial charge is 0.394 e. The summed E-state index contributed by atoms with van der Waals surface area (Å²) in [4.78, 5) is 13.5. The van der Waals surface area contributed by atoms with Crippen molar-refractivity contribution in [1.82, 2.24) is 5.32 Å². The van der Waals surface area contributed by atoms with Gasteiger partial charge in [-0.25, -0.2) is 0 Å². The molecule has 17 unspecified atom stereocenters. The molecule has 3 aliphatic heterocycles. The molecule has 107 heavy (non-hydrogen) atoms. The minimum absolute atomic E-state index is 0.238. The number of rotatable bonds is 71. The smallest absolute Gasteiger partial charge is 0.220 e. The Morgan fingerprint density at radius 3 is 1.00 bits per heavy atom. The number of aliphatic hydroxyl groups excluding tert-OH is 11. The zero-order valence-corrected chi connectivity index (χ0v) is 67.4. The van der Waals surface area contributed by atoms with Crippen LogP contribution in [0.15, 0.2) is 60.8 Å². The van der Waals surface area contributed by atoms with Crippen molar-refractivity contribution in [3.63, 3.8) is 0 Å². The van der Waals surface area contributed by atoms with Crippen molar-refractivity contribution in [2.24, 2.45) is 0 Å². The first-order chi connectivity index (χ1) is 52.3. The summed E-state index contributed by atoms with van der Waals surface area (Å²) < 4.78 is 34.5. The number of aliphatic hydroxyl groups is 11. The predicted octanol–water partition coefficient (Wildman–Crippen LogP) is 16.2. The van der Waals surface area contributed by atoms with E-state index in [1.807, 2.05) is 6.08 Å². The highest BCUT2D eigenvalue weighted by molar-refractivity contribution is 5.76. The first-order valence-corrected chi connectivity index (χ1v) is 44.0. The van der Waals surface area contributed by atoms with Gasteiger partial charge in [-0.15, -0.1) is 0 Å². The van der Waals surface area contributed by atoms with Crippen molar-refractivity contribution < 1.29 is 89.4 Å². The summed E-state index contributed by atoms with van der Waals surface area (Å²) in [6.45, 7) is 1.76. The highest BCUT2D eigenvalue weighted by atomic mass is 16.8. The van der Waals surface area contributed by atoms with E-state index in [1.54, 1.807) is 6.08 Å². The molecular weight excluding hydrogens is 1360 g/mol. The van der Waals surface area contributed by atoms with Crippen LogP contribution in [-0.2, 0) is 33.2 Å². The molecule has 17 atom stereocenters. The van der Waals surface area contributed by atoms with Crippen molar-refractivity contribution in [1.29, 1.82) is 0 Å². The lowest BCUT2D eigenvalue weighted by atomic mass is 9.96. The van der Waals surface area contributed by atoms with Gasteiger partial charge in [0.2, 0.25) is 5.91 Å². The number of amides is 1. The molecule has 3 heterocycles. The van der Waals surface area contributed by atoms with Gasteiger partial charge in [0, 0.05) is 6.42 Å². The Balaban J connectivity index is 1.33. The number of unbranched alkanes of at least 4 members (excludes halogenated alkanes) is 47. The van der Waals surface area contributed by atoms with E-state index in [4.69, 9.17) is 28.4 Å². The molecule has 0 aromatic heterocycles. The fourth-order valence-electron chi connectivity index (χ4n) is 14.7. The minimum atomic E-state index is -1.98. The molecular formula is C88H161NO18. The van der Waals surface area contributed by atoms with Gasteiger partial charge in [0.1, 0.15) is 73.2 Å². The molecule has 19 heteroatoms. The fourth-order valence-corrected chi connectivity index (χ4v) is 14.7. The Labute approximate surface area is 649 Å². The average Bonchev–Trinajstić information content (AvgIpc) is 0.781. The minimum Gasteiger partial charge on any atom is -0.394 e. The molecule has 0 spiro atoms.